The lowest BCUT2D eigenvalue weighted by atomic mass is 10.1. The zero-order valence-electron chi connectivity index (χ0n) is 8.89. The van der Waals surface area contributed by atoms with Gasteiger partial charge < -0.3 is 9.64 Å². The second-order valence-electron chi connectivity index (χ2n) is 3.60. The summed E-state index contributed by atoms with van der Waals surface area (Å²) in [7, 11) is 0. The van der Waals surface area contributed by atoms with Gasteiger partial charge in [0.25, 0.3) is 5.91 Å². The molecule has 1 heterocycles. The van der Waals surface area contributed by atoms with Crippen molar-refractivity contribution in [2.24, 2.45) is 0 Å². The zero-order valence-corrected chi connectivity index (χ0v) is 8.89. The number of benzene rings is 1. The van der Waals surface area contributed by atoms with Crippen LogP contribution in [-0.4, -0.2) is 42.9 Å². The molecule has 0 spiro atoms. The molecular formula is C12H13NO3. The second kappa shape index (κ2) is 4.90. The number of carbonyl (C=O) groups is 2. The number of ketones is 1. The quantitative estimate of drug-likeness (QED) is 0.544. The average molecular weight is 219 g/mol. The number of carbonyl (C=O) groups excluding carboxylic acids is 2. The Bertz CT molecular complexity index is 383. The van der Waals surface area contributed by atoms with E-state index in [0.717, 1.165) is 0 Å². The highest BCUT2D eigenvalue weighted by Crippen LogP contribution is 2.05. The Kier molecular flexibility index (Phi) is 3.31. The van der Waals surface area contributed by atoms with Crippen LogP contribution in [0.3, 0.4) is 0 Å². The summed E-state index contributed by atoms with van der Waals surface area (Å²) in [5.41, 5.74) is 0.444. The summed E-state index contributed by atoms with van der Waals surface area (Å²) >= 11 is 0. The Balaban J connectivity index is 2.07. The van der Waals surface area contributed by atoms with Crippen LogP contribution in [0.4, 0.5) is 0 Å². The van der Waals surface area contributed by atoms with Crippen molar-refractivity contribution >= 4 is 11.7 Å². The van der Waals surface area contributed by atoms with E-state index in [0.29, 0.717) is 31.9 Å². The van der Waals surface area contributed by atoms with Crippen LogP contribution in [-0.2, 0) is 9.53 Å². The molecule has 1 amide bonds. The molecule has 1 aromatic rings. The van der Waals surface area contributed by atoms with Gasteiger partial charge in [-0.3, -0.25) is 9.59 Å². The molecule has 0 unspecified atom stereocenters. The maximum atomic E-state index is 11.8. The van der Waals surface area contributed by atoms with Crippen LogP contribution in [0, 0.1) is 0 Å². The van der Waals surface area contributed by atoms with E-state index in [9.17, 15) is 9.59 Å². The van der Waals surface area contributed by atoms with Crippen LogP contribution in [0.5, 0.6) is 0 Å². The molecule has 0 saturated carbocycles. The minimum absolute atomic E-state index is 0.436. The maximum Gasteiger partial charge on any atom is 0.295 e. The van der Waals surface area contributed by atoms with Crippen molar-refractivity contribution in [2.75, 3.05) is 26.3 Å². The van der Waals surface area contributed by atoms with Gasteiger partial charge in [0.1, 0.15) is 0 Å². The van der Waals surface area contributed by atoms with Gasteiger partial charge in [-0.25, -0.2) is 0 Å². The summed E-state index contributed by atoms with van der Waals surface area (Å²) in [6, 6.07) is 8.62. The fourth-order valence-corrected chi connectivity index (χ4v) is 1.62. The van der Waals surface area contributed by atoms with Crippen LogP contribution >= 0.6 is 0 Å². The molecule has 0 N–H and O–H groups in total. The number of ether oxygens (including phenoxy) is 1. The van der Waals surface area contributed by atoms with E-state index < -0.39 is 11.7 Å². The monoisotopic (exact) mass is 219 g/mol. The first-order chi connectivity index (χ1) is 7.79. The van der Waals surface area contributed by atoms with Gasteiger partial charge >= 0.3 is 0 Å². The van der Waals surface area contributed by atoms with E-state index in [2.05, 4.69) is 0 Å². The first kappa shape index (κ1) is 10.8. The van der Waals surface area contributed by atoms with E-state index in [1.165, 1.54) is 0 Å². The summed E-state index contributed by atoms with van der Waals surface area (Å²) in [6.45, 7) is 2.01. The lowest BCUT2D eigenvalue weighted by Gasteiger charge is -2.26. The lowest BCUT2D eigenvalue weighted by Crippen LogP contribution is -2.44. The minimum Gasteiger partial charge on any atom is -0.378 e. The Morgan fingerprint density at radius 1 is 1.06 bits per heavy atom. The fourth-order valence-electron chi connectivity index (χ4n) is 1.62. The smallest absolute Gasteiger partial charge is 0.295 e. The van der Waals surface area contributed by atoms with Gasteiger partial charge in [-0.1, -0.05) is 30.3 Å². The molecule has 0 radical (unpaired) electrons. The Morgan fingerprint density at radius 2 is 1.69 bits per heavy atom. The molecule has 1 fully saturated rings. The third kappa shape index (κ3) is 2.28. The SMILES string of the molecule is O=C(C(=O)N1CCOCC1)c1ccccc1. The molecule has 16 heavy (non-hydrogen) atoms. The Labute approximate surface area is 93.8 Å². The molecule has 4 nitrogen and oxygen atoms in total. The lowest BCUT2D eigenvalue weighted by molar-refractivity contribution is -0.130. The van der Waals surface area contributed by atoms with Gasteiger partial charge in [-0.15, -0.1) is 0 Å². The molecule has 4 heteroatoms. The van der Waals surface area contributed by atoms with Crippen molar-refractivity contribution in [3.8, 4) is 0 Å². The minimum atomic E-state index is -0.442. The van der Waals surface area contributed by atoms with E-state index in [4.69, 9.17) is 4.74 Å². The van der Waals surface area contributed by atoms with Crippen molar-refractivity contribution in [2.45, 2.75) is 0 Å². The highest BCUT2D eigenvalue weighted by molar-refractivity contribution is 6.42. The zero-order chi connectivity index (χ0) is 11.4. The van der Waals surface area contributed by atoms with Crippen molar-refractivity contribution in [3.05, 3.63) is 35.9 Å². The first-order valence-corrected chi connectivity index (χ1v) is 5.25. The fraction of sp³-hybridized carbons (Fsp3) is 0.333. The Hall–Kier alpha value is -1.68. The largest absolute Gasteiger partial charge is 0.378 e. The first-order valence-electron chi connectivity index (χ1n) is 5.25. The molecule has 1 aliphatic rings. The third-order valence-electron chi connectivity index (χ3n) is 2.53. The van der Waals surface area contributed by atoms with Gasteiger partial charge in [-0.05, 0) is 0 Å². The molecule has 2 rings (SSSR count). The number of nitrogens with zero attached hydrogens (tertiary/aromatic N) is 1. The average Bonchev–Trinajstić information content (AvgIpc) is 2.39. The molecule has 0 bridgehead atoms. The second-order valence-corrected chi connectivity index (χ2v) is 3.60. The van der Waals surface area contributed by atoms with E-state index >= 15 is 0 Å². The highest BCUT2D eigenvalue weighted by Gasteiger charge is 2.24. The van der Waals surface area contributed by atoms with Gasteiger partial charge in [0.15, 0.2) is 0 Å². The van der Waals surface area contributed by atoms with Crippen LogP contribution in [0.2, 0.25) is 0 Å². The normalized spacial score (nSPS) is 15.9. The van der Waals surface area contributed by atoms with Crippen LogP contribution < -0.4 is 0 Å². The molecule has 0 aliphatic carbocycles. The van der Waals surface area contributed by atoms with Gasteiger partial charge in [-0.2, -0.15) is 0 Å². The summed E-state index contributed by atoms with van der Waals surface area (Å²) in [6.07, 6.45) is 0. The Morgan fingerprint density at radius 3 is 2.31 bits per heavy atom. The number of hydrogen-bond donors (Lipinski definition) is 0. The van der Waals surface area contributed by atoms with E-state index in [1.807, 2.05) is 6.07 Å². The summed E-state index contributed by atoms with van der Waals surface area (Å²) in [5.74, 6) is -0.878. The van der Waals surface area contributed by atoms with Crippen molar-refractivity contribution in [3.63, 3.8) is 0 Å². The van der Waals surface area contributed by atoms with Crippen LogP contribution in [0.15, 0.2) is 30.3 Å². The molecule has 1 aliphatic heterocycles. The number of hydrogen-bond acceptors (Lipinski definition) is 3. The van der Waals surface area contributed by atoms with Crippen molar-refractivity contribution in [1.82, 2.24) is 4.90 Å². The predicted octanol–water partition coefficient (Wildman–Crippen LogP) is 0.728. The summed E-state index contributed by atoms with van der Waals surface area (Å²) in [4.78, 5) is 25.2. The molecular weight excluding hydrogens is 206 g/mol. The predicted molar refractivity (Wildman–Crippen MR) is 58.2 cm³/mol. The van der Waals surface area contributed by atoms with E-state index in [-0.39, 0.29) is 0 Å². The number of Topliss-reactive ketones (excluding diaryl/α,β-unsaturated/α-hetero) is 1. The van der Waals surface area contributed by atoms with Gasteiger partial charge in [0, 0.05) is 18.7 Å². The molecule has 1 saturated heterocycles. The maximum absolute atomic E-state index is 11.8. The van der Waals surface area contributed by atoms with Crippen molar-refractivity contribution in [1.29, 1.82) is 0 Å². The highest BCUT2D eigenvalue weighted by atomic mass is 16.5. The third-order valence-corrected chi connectivity index (χ3v) is 2.53. The number of amides is 1. The van der Waals surface area contributed by atoms with Gasteiger partial charge in [0.2, 0.25) is 5.78 Å². The summed E-state index contributed by atoms with van der Waals surface area (Å²) in [5, 5.41) is 0. The van der Waals surface area contributed by atoms with Crippen molar-refractivity contribution < 1.29 is 14.3 Å². The summed E-state index contributed by atoms with van der Waals surface area (Å²) < 4.78 is 5.13. The molecule has 84 valence electrons. The number of morpholine rings is 1. The van der Waals surface area contributed by atoms with E-state index in [1.54, 1.807) is 29.2 Å². The van der Waals surface area contributed by atoms with Crippen LogP contribution in [0.25, 0.3) is 0 Å². The number of rotatable bonds is 2. The standard InChI is InChI=1S/C12H13NO3/c14-11(10-4-2-1-3-5-10)12(15)13-6-8-16-9-7-13/h1-5H,6-9H2. The van der Waals surface area contributed by atoms with Crippen LogP contribution in [0.1, 0.15) is 10.4 Å². The van der Waals surface area contributed by atoms with Gasteiger partial charge in [0.05, 0.1) is 13.2 Å². The topological polar surface area (TPSA) is 46.6 Å². The molecule has 1 aromatic carbocycles. The molecule has 0 atom stereocenters. The molecule has 0 aromatic heterocycles.